The maximum absolute atomic E-state index is 13.8. The van der Waals surface area contributed by atoms with Gasteiger partial charge in [0.2, 0.25) is 0 Å². The average Bonchev–Trinajstić information content (AvgIpc) is 2.42. The molecule has 22 heavy (non-hydrogen) atoms. The molecule has 1 aromatic rings. The second kappa shape index (κ2) is 6.18. The highest BCUT2D eigenvalue weighted by Gasteiger charge is 2.36. The zero-order chi connectivity index (χ0) is 16.5. The lowest BCUT2D eigenvalue weighted by Gasteiger charge is -2.42. The second-order valence-corrected chi connectivity index (χ2v) is 6.67. The van der Waals surface area contributed by atoms with Crippen molar-refractivity contribution in [3.05, 3.63) is 33.6 Å². The molecule has 122 valence electrons. The topological polar surface area (TPSA) is 78.6 Å². The minimum Gasteiger partial charge on any atom is -0.502 e. The van der Waals surface area contributed by atoms with Crippen molar-refractivity contribution >= 4 is 5.69 Å². The normalized spacial score (nSPS) is 18.2. The van der Waals surface area contributed by atoms with Gasteiger partial charge < -0.3 is 10.4 Å². The Morgan fingerprint density at radius 1 is 1.36 bits per heavy atom. The van der Waals surface area contributed by atoms with Gasteiger partial charge in [0.25, 0.3) is 0 Å². The highest BCUT2D eigenvalue weighted by molar-refractivity contribution is 5.52. The molecule has 1 fully saturated rings. The van der Waals surface area contributed by atoms with Gasteiger partial charge in [-0.15, -0.1) is 0 Å². The van der Waals surface area contributed by atoms with Gasteiger partial charge in [0.15, 0.2) is 5.75 Å². The summed E-state index contributed by atoms with van der Waals surface area (Å²) in [5.74, 6) is -1.14. The summed E-state index contributed by atoms with van der Waals surface area (Å²) in [4.78, 5) is 12.4. The van der Waals surface area contributed by atoms with Gasteiger partial charge in [0.05, 0.1) is 11.0 Å². The molecule has 0 radical (unpaired) electrons. The van der Waals surface area contributed by atoms with E-state index in [1.165, 1.54) is 6.07 Å². The fraction of sp³-hybridized carbons (Fsp3) is 0.600. The molecule has 0 aliphatic carbocycles. The van der Waals surface area contributed by atoms with E-state index in [1.54, 1.807) is 0 Å². The van der Waals surface area contributed by atoms with Crippen LogP contribution in [-0.4, -0.2) is 41.1 Å². The van der Waals surface area contributed by atoms with Gasteiger partial charge in [0.1, 0.15) is 5.82 Å². The molecule has 0 amide bonds. The summed E-state index contributed by atoms with van der Waals surface area (Å²) >= 11 is 0. The zero-order valence-electron chi connectivity index (χ0n) is 13.1. The summed E-state index contributed by atoms with van der Waals surface area (Å²) in [6.45, 7) is 9.02. The van der Waals surface area contributed by atoms with E-state index in [-0.39, 0.29) is 17.0 Å². The molecule has 6 nitrogen and oxygen atoms in total. The largest absolute Gasteiger partial charge is 0.502 e. The molecule has 0 bridgehead atoms. The highest BCUT2D eigenvalue weighted by atomic mass is 19.1. The van der Waals surface area contributed by atoms with Gasteiger partial charge in [-0.2, -0.15) is 0 Å². The molecular formula is C15H22FN3O3. The summed E-state index contributed by atoms with van der Waals surface area (Å²) in [5, 5.41) is 24.6. The molecule has 1 aliphatic heterocycles. The first-order valence-electron chi connectivity index (χ1n) is 7.33. The smallest absolute Gasteiger partial charge is 0.313 e. The first-order valence-corrected chi connectivity index (χ1v) is 7.33. The Bertz CT molecular complexity index is 566. The lowest BCUT2D eigenvalue weighted by molar-refractivity contribution is -0.386. The molecule has 1 aromatic carbocycles. The van der Waals surface area contributed by atoms with E-state index >= 15 is 0 Å². The molecule has 2 N–H and O–H groups in total. The maximum atomic E-state index is 13.8. The van der Waals surface area contributed by atoms with Crippen LogP contribution < -0.4 is 5.32 Å². The number of hydrogen-bond donors (Lipinski definition) is 2. The number of aromatic hydroxyl groups is 1. The van der Waals surface area contributed by atoms with Gasteiger partial charge in [-0.3, -0.25) is 15.0 Å². The average molecular weight is 311 g/mol. The van der Waals surface area contributed by atoms with Crippen LogP contribution in [0.25, 0.3) is 0 Å². The van der Waals surface area contributed by atoms with Gasteiger partial charge >= 0.3 is 5.69 Å². The Morgan fingerprint density at radius 2 is 1.95 bits per heavy atom. The summed E-state index contributed by atoms with van der Waals surface area (Å²) in [6, 6.07) is 1.67. The van der Waals surface area contributed by atoms with Crippen LogP contribution in [0, 0.1) is 21.3 Å². The van der Waals surface area contributed by atoms with Crippen LogP contribution in [0.4, 0.5) is 10.1 Å². The monoisotopic (exact) mass is 311 g/mol. The van der Waals surface area contributed by atoms with E-state index in [4.69, 9.17) is 0 Å². The van der Waals surface area contributed by atoms with Crippen molar-refractivity contribution in [3.8, 4) is 5.75 Å². The third-order valence-corrected chi connectivity index (χ3v) is 3.91. The van der Waals surface area contributed by atoms with E-state index < -0.39 is 22.2 Å². The molecule has 2 rings (SSSR count). The van der Waals surface area contributed by atoms with E-state index in [1.807, 2.05) is 20.8 Å². The molecule has 0 spiro atoms. The summed E-state index contributed by atoms with van der Waals surface area (Å²) < 4.78 is 13.8. The fourth-order valence-corrected chi connectivity index (χ4v) is 3.10. The molecule has 1 heterocycles. The van der Waals surface area contributed by atoms with Gasteiger partial charge in [-0.05, 0) is 11.5 Å². The van der Waals surface area contributed by atoms with Crippen LogP contribution in [0.1, 0.15) is 32.4 Å². The minimum atomic E-state index is -0.751. The molecule has 0 saturated carbocycles. The van der Waals surface area contributed by atoms with Crippen LogP contribution in [-0.2, 0) is 0 Å². The number of benzene rings is 1. The predicted octanol–water partition coefficient (Wildman–Crippen LogP) is 2.43. The van der Waals surface area contributed by atoms with Crippen molar-refractivity contribution in [1.82, 2.24) is 10.2 Å². The van der Waals surface area contributed by atoms with E-state index in [0.717, 1.165) is 32.2 Å². The van der Waals surface area contributed by atoms with Crippen molar-refractivity contribution in [2.24, 2.45) is 5.41 Å². The Morgan fingerprint density at radius 3 is 2.45 bits per heavy atom. The van der Waals surface area contributed by atoms with E-state index in [9.17, 15) is 19.6 Å². The Kier molecular flexibility index (Phi) is 4.67. The van der Waals surface area contributed by atoms with Crippen molar-refractivity contribution in [2.75, 3.05) is 26.2 Å². The van der Waals surface area contributed by atoms with E-state index in [2.05, 4.69) is 10.2 Å². The number of nitro groups is 1. The number of rotatable bonds is 3. The molecule has 1 aliphatic rings. The van der Waals surface area contributed by atoms with Crippen molar-refractivity contribution in [1.29, 1.82) is 0 Å². The standard InChI is InChI=1S/C15H22FN3O3/c1-15(2,3)14(18-6-4-17-5-7-18)11-8-10(16)9-12(13(11)20)19(21)22/h8-9,14,17,20H,4-7H2,1-3H3/t14-/m0/s1. The Labute approximate surface area is 129 Å². The molecular weight excluding hydrogens is 289 g/mol. The SMILES string of the molecule is CC(C)(C)[C@H](c1cc(F)cc([N+](=O)[O-])c1O)N1CCNCC1. The summed E-state index contributed by atoms with van der Waals surface area (Å²) in [5.41, 5.74) is -0.614. The highest BCUT2D eigenvalue weighted by Crippen LogP contribution is 2.44. The first kappa shape index (κ1) is 16.6. The minimum absolute atomic E-state index is 0.279. The fourth-order valence-electron chi connectivity index (χ4n) is 3.10. The lowest BCUT2D eigenvalue weighted by atomic mass is 9.80. The van der Waals surface area contributed by atoms with Crippen LogP contribution in [0.2, 0.25) is 0 Å². The number of piperazine rings is 1. The van der Waals surface area contributed by atoms with Crippen LogP contribution in [0.15, 0.2) is 12.1 Å². The lowest BCUT2D eigenvalue weighted by Crippen LogP contribution is -2.48. The van der Waals surface area contributed by atoms with Crippen molar-refractivity contribution in [3.63, 3.8) is 0 Å². The van der Waals surface area contributed by atoms with Crippen molar-refractivity contribution in [2.45, 2.75) is 26.8 Å². The number of hydrogen-bond acceptors (Lipinski definition) is 5. The third-order valence-electron chi connectivity index (χ3n) is 3.91. The van der Waals surface area contributed by atoms with Crippen LogP contribution in [0.3, 0.4) is 0 Å². The number of nitro benzene ring substituents is 1. The van der Waals surface area contributed by atoms with E-state index in [0.29, 0.717) is 0 Å². The molecule has 0 aromatic heterocycles. The molecule has 0 unspecified atom stereocenters. The molecule has 1 atom stereocenters. The Hall–Kier alpha value is -1.73. The van der Waals surface area contributed by atoms with Gasteiger partial charge in [0, 0.05) is 37.8 Å². The number of phenols is 1. The zero-order valence-corrected chi connectivity index (χ0v) is 13.1. The Balaban J connectivity index is 2.54. The number of nitrogens with zero attached hydrogens (tertiary/aromatic N) is 2. The van der Waals surface area contributed by atoms with Crippen LogP contribution >= 0.6 is 0 Å². The number of nitrogens with one attached hydrogen (secondary N) is 1. The number of phenolic OH excluding ortho intramolecular Hbond substituents is 1. The van der Waals surface area contributed by atoms with Crippen molar-refractivity contribution < 1.29 is 14.4 Å². The quantitative estimate of drug-likeness (QED) is 0.662. The van der Waals surface area contributed by atoms with Gasteiger partial charge in [-0.1, -0.05) is 20.8 Å². The second-order valence-electron chi connectivity index (χ2n) is 6.67. The molecule has 1 saturated heterocycles. The molecule has 7 heteroatoms. The predicted molar refractivity (Wildman–Crippen MR) is 81.4 cm³/mol. The third kappa shape index (κ3) is 3.36. The number of halogens is 1. The first-order chi connectivity index (χ1) is 10.2. The van der Waals surface area contributed by atoms with Crippen LogP contribution in [0.5, 0.6) is 5.75 Å². The summed E-state index contributed by atoms with van der Waals surface area (Å²) in [6.07, 6.45) is 0. The maximum Gasteiger partial charge on any atom is 0.313 e. The van der Waals surface area contributed by atoms with Gasteiger partial charge in [-0.25, -0.2) is 4.39 Å². The summed E-state index contributed by atoms with van der Waals surface area (Å²) in [7, 11) is 0.